The molecular formula is C7H6F4N2. The summed E-state index contributed by atoms with van der Waals surface area (Å²) in [5.41, 5.74) is 3.60. The average Bonchev–Trinajstić information content (AvgIpc) is 2.09. The molecule has 0 aromatic carbocycles. The molecule has 0 aliphatic heterocycles. The van der Waals surface area contributed by atoms with Gasteiger partial charge in [-0.25, -0.2) is 17.6 Å². The van der Waals surface area contributed by atoms with Crippen molar-refractivity contribution in [3.8, 4) is 0 Å². The molecule has 13 heavy (non-hydrogen) atoms. The molecule has 6 heteroatoms. The van der Waals surface area contributed by atoms with Gasteiger partial charge >= 0.3 is 0 Å². The summed E-state index contributed by atoms with van der Waals surface area (Å²) in [4.78, 5) is 3.06. The second kappa shape index (κ2) is 3.69. The maximum Gasteiger partial charge on any atom is 0.280 e. The van der Waals surface area contributed by atoms with Crippen molar-refractivity contribution in [3.05, 3.63) is 29.1 Å². The Morgan fingerprint density at radius 3 is 2.46 bits per heavy atom. The Balaban J connectivity index is 3.30. The number of halogens is 4. The monoisotopic (exact) mass is 194 g/mol. The molecule has 0 aliphatic rings. The van der Waals surface area contributed by atoms with Gasteiger partial charge in [-0.05, 0) is 0 Å². The SMILES string of the molecule is NCc1c(C(F)F)ncc(F)c1F. The second-order valence-corrected chi connectivity index (χ2v) is 2.29. The van der Waals surface area contributed by atoms with Crippen LogP contribution in [0.4, 0.5) is 17.6 Å². The minimum Gasteiger partial charge on any atom is -0.326 e. The van der Waals surface area contributed by atoms with Crippen LogP contribution in [-0.4, -0.2) is 4.98 Å². The lowest BCUT2D eigenvalue weighted by Gasteiger charge is -2.06. The summed E-state index contributed by atoms with van der Waals surface area (Å²) in [7, 11) is 0. The Morgan fingerprint density at radius 2 is 2.00 bits per heavy atom. The van der Waals surface area contributed by atoms with E-state index in [-0.39, 0.29) is 0 Å². The van der Waals surface area contributed by atoms with Gasteiger partial charge in [0.25, 0.3) is 6.43 Å². The van der Waals surface area contributed by atoms with E-state index in [2.05, 4.69) is 4.98 Å². The van der Waals surface area contributed by atoms with E-state index in [1.807, 2.05) is 0 Å². The predicted molar refractivity (Wildman–Crippen MR) is 37.0 cm³/mol. The fraction of sp³-hybridized carbons (Fsp3) is 0.286. The van der Waals surface area contributed by atoms with Gasteiger partial charge in [0.15, 0.2) is 11.6 Å². The first-order valence-corrected chi connectivity index (χ1v) is 3.39. The van der Waals surface area contributed by atoms with Gasteiger partial charge < -0.3 is 5.73 Å². The van der Waals surface area contributed by atoms with Crippen LogP contribution in [0.3, 0.4) is 0 Å². The average molecular weight is 194 g/mol. The highest BCUT2D eigenvalue weighted by Crippen LogP contribution is 2.23. The largest absolute Gasteiger partial charge is 0.326 e. The normalized spacial score (nSPS) is 10.9. The lowest BCUT2D eigenvalue weighted by Crippen LogP contribution is -2.09. The van der Waals surface area contributed by atoms with Gasteiger partial charge in [0, 0.05) is 12.1 Å². The maximum absolute atomic E-state index is 12.8. The van der Waals surface area contributed by atoms with E-state index in [1.54, 1.807) is 0 Å². The van der Waals surface area contributed by atoms with E-state index in [0.29, 0.717) is 6.20 Å². The first kappa shape index (κ1) is 9.91. The molecule has 1 aromatic rings. The van der Waals surface area contributed by atoms with Crippen LogP contribution in [0.2, 0.25) is 0 Å². The fourth-order valence-electron chi connectivity index (χ4n) is 0.900. The van der Waals surface area contributed by atoms with E-state index >= 15 is 0 Å². The molecule has 0 spiro atoms. The Hall–Kier alpha value is -1.17. The van der Waals surface area contributed by atoms with Crippen LogP contribution in [0.1, 0.15) is 17.7 Å². The summed E-state index contributed by atoms with van der Waals surface area (Å²) in [5, 5.41) is 0. The third-order valence-electron chi connectivity index (χ3n) is 1.51. The zero-order chi connectivity index (χ0) is 10.0. The van der Waals surface area contributed by atoms with Crippen LogP contribution in [-0.2, 0) is 6.54 Å². The van der Waals surface area contributed by atoms with Gasteiger partial charge in [0.2, 0.25) is 0 Å². The number of rotatable bonds is 2. The Labute approximate surface area is 71.4 Å². The summed E-state index contributed by atoms with van der Waals surface area (Å²) >= 11 is 0. The van der Waals surface area contributed by atoms with E-state index in [1.165, 1.54) is 0 Å². The van der Waals surface area contributed by atoms with E-state index < -0.39 is 35.9 Å². The zero-order valence-electron chi connectivity index (χ0n) is 6.40. The third kappa shape index (κ3) is 1.77. The molecule has 72 valence electrons. The van der Waals surface area contributed by atoms with Crippen LogP contribution in [0.15, 0.2) is 6.20 Å². The number of hydrogen-bond donors (Lipinski definition) is 1. The zero-order valence-corrected chi connectivity index (χ0v) is 6.40. The molecule has 2 nitrogen and oxygen atoms in total. The molecule has 0 aliphatic carbocycles. The highest BCUT2D eigenvalue weighted by atomic mass is 19.3. The quantitative estimate of drug-likeness (QED) is 0.728. The first-order valence-electron chi connectivity index (χ1n) is 3.39. The molecule has 2 N–H and O–H groups in total. The summed E-state index contributed by atoms with van der Waals surface area (Å²) in [6, 6.07) is 0. The lowest BCUT2D eigenvalue weighted by molar-refractivity contribution is 0.143. The number of hydrogen-bond acceptors (Lipinski definition) is 2. The van der Waals surface area contributed by atoms with Gasteiger partial charge in [-0.1, -0.05) is 0 Å². The molecule has 0 fully saturated rings. The molecule has 0 radical (unpaired) electrons. The van der Waals surface area contributed by atoms with Crippen molar-refractivity contribution in [2.45, 2.75) is 13.0 Å². The Bertz CT molecular complexity index is 314. The second-order valence-electron chi connectivity index (χ2n) is 2.29. The Kier molecular flexibility index (Phi) is 2.82. The molecule has 1 rings (SSSR count). The number of pyridine rings is 1. The van der Waals surface area contributed by atoms with Gasteiger partial charge in [-0.3, -0.25) is 4.98 Å². The van der Waals surface area contributed by atoms with Crippen molar-refractivity contribution in [3.63, 3.8) is 0 Å². The number of aromatic nitrogens is 1. The minimum atomic E-state index is -2.95. The van der Waals surface area contributed by atoms with Gasteiger partial charge in [-0.2, -0.15) is 0 Å². The Morgan fingerprint density at radius 1 is 1.38 bits per heavy atom. The lowest BCUT2D eigenvalue weighted by atomic mass is 10.2. The molecule has 0 atom stereocenters. The fourth-order valence-corrected chi connectivity index (χ4v) is 0.900. The molecular weight excluding hydrogens is 188 g/mol. The summed E-state index contributed by atoms with van der Waals surface area (Å²) in [6.07, 6.45) is -2.54. The number of alkyl halides is 2. The maximum atomic E-state index is 12.8. The third-order valence-corrected chi connectivity index (χ3v) is 1.51. The molecule has 1 heterocycles. The molecule has 0 saturated heterocycles. The summed E-state index contributed by atoms with van der Waals surface area (Å²) in [6.45, 7) is -0.504. The van der Waals surface area contributed by atoms with Crippen molar-refractivity contribution < 1.29 is 17.6 Å². The van der Waals surface area contributed by atoms with Crippen LogP contribution in [0.25, 0.3) is 0 Å². The molecule has 1 aromatic heterocycles. The number of nitrogens with two attached hydrogens (primary N) is 1. The summed E-state index contributed by atoms with van der Waals surface area (Å²) in [5.74, 6) is -2.63. The predicted octanol–water partition coefficient (Wildman–Crippen LogP) is 1.76. The van der Waals surface area contributed by atoms with Crippen molar-refractivity contribution in [1.29, 1.82) is 0 Å². The number of nitrogens with zero attached hydrogens (tertiary/aromatic N) is 1. The van der Waals surface area contributed by atoms with Gasteiger partial charge in [0.1, 0.15) is 5.69 Å². The van der Waals surface area contributed by atoms with E-state index in [9.17, 15) is 17.6 Å². The van der Waals surface area contributed by atoms with Crippen molar-refractivity contribution in [1.82, 2.24) is 4.98 Å². The van der Waals surface area contributed by atoms with Crippen LogP contribution in [0, 0.1) is 11.6 Å². The van der Waals surface area contributed by atoms with Crippen molar-refractivity contribution in [2.75, 3.05) is 0 Å². The van der Waals surface area contributed by atoms with Crippen LogP contribution in [0.5, 0.6) is 0 Å². The highest BCUT2D eigenvalue weighted by Gasteiger charge is 2.19. The van der Waals surface area contributed by atoms with Crippen LogP contribution < -0.4 is 5.73 Å². The molecule has 0 unspecified atom stereocenters. The van der Waals surface area contributed by atoms with E-state index in [4.69, 9.17) is 5.73 Å². The topological polar surface area (TPSA) is 38.9 Å². The van der Waals surface area contributed by atoms with E-state index in [0.717, 1.165) is 0 Å². The van der Waals surface area contributed by atoms with Crippen LogP contribution >= 0.6 is 0 Å². The van der Waals surface area contributed by atoms with Crippen molar-refractivity contribution in [2.24, 2.45) is 5.73 Å². The smallest absolute Gasteiger partial charge is 0.280 e. The van der Waals surface area contributed by atoms with Gasteiger partial charge in [0.05, 0.1) is 6.20 Å². The minimum absolute atomic E-state index is 0.413. The molecule has 0 bridgehead atoms. The first-order chi connectivity index (χ1) is 6.07. The highest BCUT2D eigenvalue weighted by molar-refractivity contribution is 5.23. The van der Waals surface area contributed by atoms with Crippen molar-refractivity contribution >= 4 is 0 Å². The molecule has 0 saturated carbocycles. The van der Waals surface area contributed by atoms with Gasteiger partial charge in [-0.15, -0.1) is 0 Å². The standard InChI is InChI=1S/C7H6F4N2/c8-4-2-13-6(7(10)11)3(1-12)5(4)9/h2,7H,1,12H2. The summed E-state index contributed by atoms with van der Waals surface area (Å²) < 4.78 is 49.5. The molecule has 0 amide bonds.